The topological polar surface area (TPSA) is 53.1 Å². The lowest BCUT2D eigenvalue weighted by Gasteiger charge is -2.51. The van der Waals surface area contributed by atoms with Crippen molar-refractivity contribution >= 4 is 12.0 Å². The third-order valence-corrected chi connectivity index (χ3v) is 9.95. The second kappa shape index (κ2) is 10.5. The molecule has 204 valence electrons. The highest BCUT2D eigenvalue weighted by atomic mass is 19.1. The zero-order valence-corrected chi connectivity index (χ0v) is 22.9. The van der Waals surface area contributed by atoms with Gasteiger partial charge in [-0.05, 0) is 88.6 Å². The van der Waals surface area contributed by atoms with Gasteiger partial charge in [0.15, 0.2) is 0 Å². The van der Waals surface area contributed by atoms with Crippen LogP contribution in [0.4, 0.5) is 9.18 Å². The fourth-order valence-electron chi connectivity index (χ4n) is 7.51. The number of piperidine rings is 2. The van der Waals surface area contributed by atoms with Crippen LogP contribution in [-0.4, -0.2) is 78.6 Å². The average molecular weight is 514 g/mol. The van der Waals surface area contributed by atoms with Gasteiger partial charge in [0.2, 0.25) is 5.91 Å². The zero-order chi connectivity index (χ0) is 26.2. The van der Waals surface area contributed by atoms with Gasteiger partial charge in [-0.1, -0.05) is 31.4 Å². The minimum atomic E-state index is -0.289. The summed E-state index contributed by atoms with van der Waals surface area (Å²) < 4.78 is 19.1. The Kier molecular flexibility index (Phi) is 7.54. The summed E-state index contributed by atoms with van der Waals surface area (Å²) in [6, 6.07) is 6.72. The van der Waals surface area contributed by atoms with Crippen molar-refractivity contribution in [2.45, 2.75) is 76.7 Å². The predicted octanol–water partition coefficient (Wildman–Crippen LogP) is 5.28. The summed E-state index contributed by atoms with van der Waals surface area (Å²) in [5, 5.41) is 0. The Hall–Kier alpha value is -2.15. The standard InChI is InChI=1S/C30H44FN3O3/c1-29(2)21-37-28(36)34(29)20-30(23-7-5-4-6-8-23)14-17-33(18-15-30)27(35)25-13-16-32(3)19-26(25)22-9-11-24(31)12-10-22/h9-12,23,25-26H,4-8,13-21H2,1-3H3/t25-,26+/m1/s1. The molecule has 4 fully saturated rings. The first-order chi connectivity index (χ1) is 17.7. The Bertz CT molecular complexity index is 967. The second-order valence-corrected chi connectivity index (χ2v) is 12.8. The van der Waals surface area contributed by atoms with Crippen LogP contribution in [0, 0.1) is 23.1 Å². The van der Waals surface area contributed by atoms with Crippen LogP contribution in [0.3, 0.4) is 0 Å². The van der Waals surface area contributed by atoms with Crippen molar-refractivity contribution in [1.29, 1.82) is 0 Å². The summed E-state index contributed by atoms with van der Waals surface area (Å²) in [7, 11) is 2.10. The minimum Gasteiger partial charge on any atom is -0.447 e. The number of cyclic esters (lactones) is 1. The van der Waals surface area contributed by atoms with E-state index in [4.69, 9.17) is 4.74 Å². The molecule has 0 spiro atoms. The Labute approximate surface area is 221 Å². The number of carbonyl (C=O) groups is 2. The summed E-state index contributed by atoms with van der Waals surface area (Å²) in [6.07, 6.45) is 8.79. The van der Waals surface area contributed by atoms with Gasteiger partial charge in [0.25, 0.3) is 0 Å². The molecule has 0 bridgehead atoms. The number of hydrogen-bond acceptors (Lipinski definition) is 4. The van der Waals surface area contributed by atoms with Crippen molar-refractivity contribution in [1.82, 2.24) is 14.7 Å². The summed E-state index contributed by atoms with van der Waals surface area (Å²) >= 11 is 0. The second-order valence-electron chi connectivity index (χ2n) is 12.8. The molecule has 2 amide bonds. The maximum atomic E-state index is 13.9. The number of nitrogens with zero attached hydrogens (tertiary/aromatic N) is 3. The first-order valence-corrected chi connectivity index (χ1v) is 14.4. The molecule has 5 rings (SSSR count). The summed E-state index contributed by atoms with van der Waals surface area (Å²) in [5.41, 5.74) is 0.804. The molecule has 1 aromatic rings. The molecule has 1 saturated carbocycles. The fourth-order valence-corrected chi connectivity index (χ4v) is 7.51. The van der Waals surface area contributed by atoms with E-state index in [0.717, 1.165) is 57.5 Å². The molecule has 0 radical (unpaired) electrons. The molecule has 2 atom stereocenters. The number of likely N-dealkylation sites (tertiary alicyclic amines) is 2. The highest BCUT2D eigenvalue weighted by molar-refractivity contribution is 5.80. The molecule has 1 aromatic carbocycles. The number of likely N-dealkylation sites (N-methyl/N-ethyl adjacent to an activating group) is 1. The smallest absolute Gasteiger partial charge is 0.410 e. The number of ether oxygens (including phenoxy) is 1. The molecular formula is C30H44FN3O3. The highest BCUT2D eigenvalue weighted by Gasteiger charge is 2.50. The van der Waals surface area contributed by atoms with Crippen molar-refractivity contribution in [3.63, 3.8) is 0 Å². The average Bonchev–Trinajstić information content (AvgIpc) is 3.16. The molecule has 3 heterocycles. The number of rotatable bonds is 5. The SMILES string of the molecule is CN1CC[C@@H](C(=O)N2CCC(CN3C(=O)OCC3(C)C)(C3CCCCC3)CC2)[C@H](c2ccc(F)cc2)C1. The molecule has 1 aliphatic carbocycles. The third kappa shape index (κ3) is 5.39. The number of amides is 2. The monoisotopic (exact) mass is 513 g/mol. The van der Waals surface area contributed by atoms with Gasteiger partial charge in [0.05, 0.1) is 5.54 Å². The molecule has 6 nitrogen and oxygen atoms in total. The largest absolute Gasteiger partial charge is 0.447 e. The maximum Gasteiger partial charge on any atom is 0.410 e. The van der Waals surface area contributed by atoms with Gasteiger partial charge in [-0.2, -0.15) is 0 Å². The number of carbonyl (C=O) groups excluding carboxylic acids is 2. The predicted molar refractivity (Wildman–Crippen MR) is 142 cm³/mol. The quantitative estimate of drug-likeness (QED) is 0.538. The molecule has 4 aliphatic rings. The van der Waals surface area contributed by atoms with Crippen molar-refractivity contribution in [2.24, 2.45) is 17.3 Å². The van der Waals surface area contributed by atoms with Gasteiger partial charge in [-0.25, -0.2) is 9.18 Å². The van der Waals surface area contributed by atoms with Gasteiger partial charge in [-0.3, -0.25) is 9.69 Å². The van der Waals surface area contributed by atoms with Crippen molar-refractivity contribution < 1.29 is 18.7 Å². The molecule has 0 unspecified atom stereocenters. The van der Waals surface area contributed by atoms with Gasteiger partial charge >= 0.3 is 6.09 Å². The summed E-state index contributed by atoms with van der Waals surface area (Å²) in [5.74, 6) is 0.614. The van der Waals surface area contributed by atoms with E-state index < -0.39 is 0 Å². The van der Waals surface area contributed by atoms with Crippen LogP contribution in [0.15, 0.2) is 24.3 Å². The van der Waals surface area contributed by atoms with Crippen LogP contribution in [0.25, 0.3) is 0 Å². The molecule has 3 saturated heterocycles. The first kappa shape index (κ1) is 26.5. The van der Waals surface area contributed by atoms with E-state index in [1.54, 1.807) is 0 Å². The van der Waals surface area contributed by atoms with E-state index in [0.29, 0.717) is 12.5 Å². The normalized spacial score (nSPS) is 28.8. The van der Waals surface area contributed by atoms with Crippen LogP contribution in [0.5, 0.6) is 0 Å². The number of hydrogen-bond donors (Lipinski definition) is 0. The van der Waals surface area contributed by atoms with E-state index >= 15 is 0 Å². The lowest BCUT2D eigenvalue weighted by molar-refractivity contribution is -0.141. The van der Waals surface area contributed by atoms with Crippen LogP contribution in [0.1, 0.15) is 76.7 Å². The maximum absolute atomic E-state index is 13.9. The Morgan fingerprint density at radius 3 is 2.32 bits per heavy atom. The van der Waals surface area contributed by atoms with Crippen LogP contribution in [0.2, 0.25) is 0 Å². The number of benzene rings is 1. The zero-order valence-electron chi connectivity index (χ0n) is 22.9. The van der Waals surface area contributed by atoms with Gasteiger partial charge in [0.1, 0.15) is 12.4 Å². The fraction of sp³-hybridized carbons (Fsp3) is 0.733. The van der Waals surface area contributed by atoms with Crippen LogP contribution < -0.4 is 0 Å². The first-order valence-electron chi connectivity index (χ1n) is 14.4. The lowest BCUT2D eigenvalue weighted by atomic mass is 9.63. The van der Waals surface area contributed by atoms with E-state index in [9.17, 15) is 14.0 Å². The third-order valence-electron chi connectivity index (χ3n) is 9.95. The Morgan fingerprint density at radius 2 is 1.70 bits per heavy atom. The van der Waals surface area contributed by atoms with Crippen LogP contribution >= 0.6 is 0 Å². The summed E-state index contributed by atoms with van der Waals surface area (Å²) in [6.45, 7) is 8.59. The summed E-state index contributed by atoms with van der Waals surface area (Å²) in [4.78, 5) is 33.0. The molecule has 3 aliphatic heterocycles. The number of halogens is 1. The van der Waals surface area contributed by atoms with Gasteiger partial charge in [-0.15, -0.1) is 0 Å². The van der Waals surface area contributed by atoms with Crippen molar-refractivity contribution in [2.75, 3.05) is 46.4 Å². The highest BCUT2D eigenvalue weighted by Crippen LogP contribution is 2.48. The Balaban J connectivity index is 1.32. The van der Waals surface area contributed by atoms with Crippen LogP contribution in [-0.2, 0) is 9.53 Å². The van der Waals surface area contributed by atoms with Gasteiger partial charge in [0, 0.05) is 38.0 Å². The van der Waals surface area contributed by atoms with E-state index in [1.165, 1.54) is 44.2 Å². The van der Waals surface area contributed by atoms with Gasteiger partial charge < -0.3 is 14.5 Å². The minimum absolute atomic E-state index is 0.0426. The Morgan fingerprint density at radius 1 is 1.03 bits per heavy atom. The van der Waals surface area contributed by atoms with E-state index in [2.05, 4.69) is 30.7 Å². The lowest BCUT2D eigenvalue weighted by Crippen LogP contribution is -2.56. The van der Waals surface area contributed by atoms with Crippen molar-refractivity contribution in [3.8, 4) is 0 Å². The van der Waals surface area contributed by atoms with Crippen molar-refractivity contribution in [3.05, 3.63) is 35.6 Å². The molecular weight excluding hydrogens is 469 g/mol. The van der Waals surface area contributed by atoms with E-state index in [-0.39, 0.29) is 40.6 Å². The molecule has 7 heteroatoms. The molecule has 37 heavy (non-hydrogen) atoms. The molecule has 0 aromatic heterocycles. The molecule has 0 N–H and O–H groups in total. The van der Waals surface area contributed by atoms with E-state index in [1.807, 2.05) is 17.0 Å².